The van der Waals surface area contributed by atoms with Crippen LogP contribution in [0.4, 0.5) is 0 Å². The first-order valence-corrected chi connectivity index (χ1v) is 6.04. The van der Waals surface area contributed by atoms with Crippen LogP contribution in [0, 0.1) is 0 Å². The van der Waals surface area contributed by atoms with Gasteiger partial charge in [-0.2, -0.15) is 0 Å². The zero-order valence-electron chi connectivity index (χ0n) is 8.59. The van der Waals surface area contributed by atoms with Crippen LogP contribution >= 0.6 is 11.3 Å². The van der Waals surface area contributed by atoms with Crippen molar-refractivity contribution in [3.63, 3.8) is 0 Å². The summed E-state index contributed by atoms with van der Waals surface area (Å²) in [5.74, 6) is 0.945. The standard InChI is InChI=1S/C12H11NO2S/c14-12(11-6-13-7-16-11)9-1-2-10-8(5-9)3-4-15-10/h1-2,5-7,12,14H,3-4H2. The van der Waals surface area contributed by atoms with Gasteiger partial charge in [0, 0.05) is 12.6 Å². The average Bonchev–Trinajstić information content (AvgIpc) is 2.98. The molecule has 3 nitrogen and oxygen atoms in total. The highest BCUT2D eigenvalue weighted by Gasteiger charge is 2.17. The molecule has 16 heavy (non-hydrogen) atoms. The first kappa shape index (κ1) is 9.81. The Hall–Kier alpha value is -1.39. The Morgan fingerprint density at radius 1 is 1.44 bits per heavy atom. The van der Waals surface area contributed by atoms with Crippen LogP contribution in [0.15, 0.2) is 29.9 Å². The fourth-order valence-corrected chi connectivity index (χ4v) is 2.53. The summed E-state index contributed by atoms with van der Waals surface area (Å²) in [7, 11) is 0. The highest BCUT2D eigenvalue weighted by atomic mass is 32.1. The number of rotatable bonds is 2. The molecule has 2 aromatic rings. The SMILES string of the molecule is OC(c1ccc2c(c1)CCO2)c1cncs1. The average molecular weight is 233 g/mol. The molecule has 0 radical (unpaired) electrons. The molecule has 0 saturated carbocycles. The second-order valence-electron chi connectivity index (χ2n) is 3.77. The number of benzene rings is 1. The number of fused-ring (bicyclic) bond motifs is 1. The van der Waals surface area contributed by atoms with Gasteiger partial charge in [-0.3, -0.25) is 4.98 Å². The third-order valence-corrected chi connectivity index (χ3v) is 3.58. The molecule has 1 N–H and O–H groups in total. The van der Waals surface area contributed by atoms with Crippen molar-refractivity contribution in [3.8, 4) is 5.75 Å². The molecule has 3 rings (SSSR count). The number of ether oxygens (including phenoxy) is 1. The summed E-state index contributed by atoms with van der Waals surface area (Å²) >= 11 is 1.47. The lowest BCUT2D eigenvalue weighted by Crippen LogP contribution is -1.97. The fraction of sp³-hybridized carbons (Fsp3) is 0.250. The van der Waals surface area contributed by atoms with Crippen molar-refractivity contribution in [2.75, 3.05) is 6.61 Å². The van der Waals surface area contributed by atoms with Crippen LogP contribution in [-0.2, 0) is 6.42 Å². The molecule has 1 aromatic carbocycles. The van der Waals surface area contributed by atoms with E-state index in [1.807, 2.05) is 18.2 Å². The highest BCUT2D eigenvalue weighted by molar-refractivity contribution is 7.09. The van der Waals surface area contributed by atoms with Crippen molar-refractivity contribution in [2.45, 2.75) is 12.5 Å². The van der Waals surface area contributed by atoms with Gasteiger partial charge in [0.25, 0.3) is 0 Å². The van der Waals surface area contributed by atoms with Gasteiger partial charge in [-0.25, -0.2) is 0 Å². The predicted molar refractivity (Wildman–Crippen MR) is 61.8 cm³/mol. The van der Waals surface area contributed by atoms with E-state index in [1.165, 1.54) is 16.9 Å². The molecule has 1 aromatic heterocycles. The number of nitrogens with zero attached hydrogens (tertiary/aromatic N) is 1. The Labute approximate surface area is 97.3 Å². The third-order valence-electron chi connectivity index (χ3n) is 2.75. The molecule has 1 aliphatic rings. The maximum atomic E-state index is 10.1. The molecular weight excluding hydrogens is 222 g/mol. The van der Waals surface area contributed by atoms with Crippen LogP contribution in [-0.4, -0.2) is 16.7 Å². The van der Waals surface area contributed by atoms with Crippen LogP contribution in [0.2, 0.25) is 0 Å². The summed E-state index contributed by atoms with van der Waals surface area (Å²) < 4.78 is 5.43. The lowest BCUT2D eigenvalue weighted by Gasteiger charge is -2.09. The van der Waals surface area contributed by atoms with Crippen LogP contribution in [0.25, 0.3) is 0 Å². The highest BCUT2D eigenvalue weighted by Crippen LogP contribution is 2.31. The predicted octanol–water partition coefficient (Wildman–Crippen LogP) is 2.16. The van der Waals surface area contributed by atoms with Gasteiger partial charge in [-0.15, -0.1) is 11.3 Å². The van der Waals surface area contributed by atoms with E-state index in [0.29, 0.717) is 0 Å². The number of thiazole rings is 1. The van der Waals surface area contributed by atoms with Gasteiger partial charge < -0.3 is 9.84 Å². The van der Waals surface area contributed by atoms with Crippen molar-refractivity contribution >= 4 is 11.3 Å². The van der Waals surface area contributed by atoms with Crippen molar-refractivity contribution in [1.82, 2.24) is 4.98 Å². The first-order valence-electron chi connectivity index (χ1n) is 5.16. The van der Waals surface area contributed by atoms with Gasteiger partial charge in [-0.1, -0.05) is 6.07 Å². The summed E-state index contributed by atoms with van der Waals surface area (Å²) in [5.41, 5.74) is 3.82. The molecule has 1 unspecified atom stereocenters. The molecule has 1 atom stereocenters. The molecule has 0 spiro atoms. The second kappa shape index (κ2) is 3.88. The fourth-order valence-electron chi connectivity index (χ4n) is 1.90. The van der Waals surface area contributed by atoms with Gasteiger partial charge >= 0.3 is 0 Å². The second-order valence-corrected chi connectivity index (χ2v) is 4.69. The topological polar surface area (TPSA) is 42.4 Å². The molecule has 0 fully saturated rings. The first-order chi connectivity index (χ1) is 7.84. The van der Waals surface area contributed by atoms with E-state index in [-0.39, 0.29) is 0 Å². The van der Waals surface area contributed by atoms with Crippen LogP contribution in [0.3, 0.4) is 0 Å². The summed E-state index contributed by atoms with van der Waals surface area (Å²) in [6.07, 6.45) is 2.07. The lowest BCUT2D eigenvalue weighted by atomic mass is 10.0. The summed E-state index contributed by atoms with van der Waals surface area (Å²) in [6.45, 7) is 0.745. The number of hydrogen-bond acceptors (Lipinski definition) is 4. The molecule has 4 heteroatoms. The number of aromatic nitrogens is 1. The van der Waals surface area contributed by atoms with E-state index in [4.69, 9.17) is 4.74 Å². The Morgan fingerprint density at radius 3 is 3.19 bits per heavy atom. The van der Waals surface area contributed by atoms with Crippen molar-refractivity contribution in [2.24, 2.45) is 0 Å². The lowest BCUT2D eigenvalue weighted by molar-refractivity contribution is 0.224. The van der Waals surface area contributed by atoms with Crippen LogP contribution in [0.5, 0.6) is 5.75 Å². The minimum absolute atomic E-state index is 0.571. The number of aliphatic hydroxyl groups is 1. The zero-order chi connectivity index (χ0) is 11.0. The van der Waals surface area contributed by atoms with E-state index in [9.17, 15) is 5.11 Å². The molecular formula is C12H11NO2S. The van der Waals surface area contributed by atoms with E-state index >= 15 is 0 Å². The number of aliphatic hydroxyl groups excluding tert-OH is 1. The maximum Gasteiger partial charge on any atom is 0.122 e. The normalized spacial score (nSPS) is 15.6. The molecule has 2 heterocycles. The largest absolute Gasteiger partial charge is 0.493 e. The van der Waals surface area contributed by atoms with Crippen LogP contribution in [0.1, 0.15) is 22.1 Å². The molecule has 0 aliphatic carbocycles. The Kier molecular flexibility index (Phi) is 2.38. The van der Waals surface area contributed by atoms with Crippen molar-refractivity contribution in [3.05, 3.63) is 45.9 Å². The van der Waals surface area contributed by atoms with Crippen molar-refractivity contribution < 1.29 is 9.84 Å². The summed E-state index contributed by atoms with van der Waals surface area (Å²) in [4.78, 5) is 4.85. The Bertz CT molecular complexity index is 496. The maximum absolute atomic E-state index is 10.1. The molecule has 0 bridgehead atoms. The molecule has 1 aliphatic heterocycles. The van der Waals surface area contributed by atoms with Gasteiger partial charge in [-0.05, 0) is 23.3 Å². The minimum Gasteiger partial charge on any atom is -0.493 e. The Balaban J connectivity index is 1.95. The van der Waals surface area contributed by atoms with Gasteiger partial charge in [0.15, 0.2) is 0 Å². The minimum atomic E-state index is -0.571. The summed E-state index contributed by atoms with van der Waals surface area (Å²) in [6, 6.07) is 5.86. The van der Waals surface area contributed by atoms with E-state index in [0.717, 1.165) is 29.2 Å². The van der Waals surface area contributed by atoms with Gasteiger partial charge in [0.1, 0.15) is 11.9 Å². The molecule has 0 saturated heterocycles. The van der Waals surface area contributed by atoms with Gasteiger partial charge in [0.05, 0.1) is 17.0 Å². The third kappa shape index (κ3) is 1.60. The number of hydrogen-bond donors (Lipinski definition) is 1. The molecule has 0 amide bonds. The quantitative estimate of drug-likeness (QED) is 0.864. The van der Waals surface area contributed by atoms with E-state index in [2.05, 4.69) is 4.98 Å². The Morgan fingerprint density at radius 2 is 2.38 bits per heavy atom. The van der Waals surface area contributed by atoms with E-state index in [1.54, 1.807) is 11.7 Å². The smallest absolute Gasteiger partial charge is 0.122 e. The monoisotopic (exact) mass is 233 g/mol. The van der Waals surface area contributed by atoms with Crippen molar-refractivity contribution in [1.29, 1.82) is 0 Å². The van der Waals surface area contributed by atoms with Gasteiger partial charge in [0.2, 0.25) is 0 Å². The zero-order valence-corrected chi connectivity index (χ0v) is 9.41. The molecule has 82 valence electrons. The summed E-state index contributed by atoms with van der Waals surface area (Å²) in [5, 5.41) is 10.1. The van der Waals surface area contributed by atoms with Crippen LogP contribution < -0.4 is 4.74 Å². The van der Waals surface area contributed by atoms with E-state index < -0.39 is 6.10 Å².